The van der Waals surface area contributed by atoms with E-state index < -0.39 is 5.91 Å². The maximum atomic E-state index is 12.2. The van der Waals surface area contributed by atoms with Gasteiger partial charge in [0, 0.05) is 44.1 Å². The molecule has 3 rings (SSSR count). The normalized spacial score (nSPS) is 16.1. The Bertz CT molecular complexity index is 836. The van der Waals surface area contributed by atoms with E-state index >= 15 is 0 Å². The van der Waals surface area contributed by atoms with Gasteiger partial charge in [-0.05, 0) is 23.3 Å². The predicted octanol–water partition coefficient (Wildman–Crippen LogP) is 1.63. The van der Waals surface area contributed by atoms with Gasteiger partial charge in [-0.15, -0.1) is 0 Å². The van der Waals surface area contributed by atoms with Gasteiger partial charge in [0.25, 0.3) is 0 Å². The van der Waals surface area contributed by atoms with Crippen LogP contribution in [-0.4, -0.2) is 35.8 Å². The van der Waals surface area contributed by atoms with E-state index in [1.807, 2.05) is 35.2 Å². The molecule has 1 heterocycles. The number of urea groups is 1. The topological polar surface area (TPSA) is 105 Å². The molecule has 1 aliphatic heterocycles. The number of carbonyl (C=O) groups excluding carboxylic acids is 3. The number of amides is 4. The highest BCUT2D eigenvalue weighted by atomic mass is 16.2. The van der Waals surface area contributed by atoms with Gasteiger partial charge in [-0.3, -0.25) is 9.59 Å². The lowest BCUT2D eigenvalue weighted by Gasteiger charge is -2.17. The number of carbonyl (C=O) groups is 3. The van der Waals surface area contributed by atoms with E-state index in [0.29, 0.717) is 38.2 Å². The third-order valence-corrected chi connectivity index (χ3v) is 4.75. The molecular formula is C21H24N4O3. The standard InChI is InChI=1S/C21H24N4O3/c22-20(27)18-8-6-15(7-9-18)11-23-21(28)24-12-17-10-19(26)25(14-17)13-16-4-2-1-3-5-16/h1-9,17H,10-14H2,(H2,22,27)(H2,23,24,28). The van der Waals surface area contributed by atoms with Crippen LogP contribution in [0.4, 0.5) is 4.79 Å². The Morgan fingerprint density at radius 1 is 1.00 bits per heavy atom. The van der Waals surface area contributed by atoms with Crippen LogP contribution in [0.15, 0.2) is 54.6 Å². The number of primary amides is 1. The number of hydrogen-bond acceptors (Lipinski definition) is 3. The first-order valence-corrected chi connectivity index (χ1v) is 9.23. The van der Waals surface area contributed by atoms with Crippen molar-refractivity contribution in [2.75, 3.05) is 13.1 Å². The second kappa shape index (κ2) is 9.03. The first-order valence-electron chi connectivity index (χ1n) is 9.23. The molecule has 1 saturated heterocycles. The van der Waals surface area contributed by atoms with Crippen LogP contribution in [-0.2, 0) is 17.9 Å². The molecule has 4 amide bonds. The van der Waals surface area contributed by atoms with Gasteiger partial charge in [-0.25, -0.2) is 4.79 Å². The molecule has 0 bridgehead atoms. The molecule has 0 aromatic heterocycles. The zero-order valence-electron chi connectivity index (χ0n) is 15.6. The van der Waals surface area contributed by atoms with E-state index in [1.54, 1.807) is 24.3 Å². The molecule has 146 valence electrons. The van der Waals surface area contributed by atoms with Gasteiger partial charge in [-0.2, -0.15) is 0 Å². The second-order valence-electron chi connectivity index (χ2n) is 6.95. The third-order valence-electron chi connectivity index (χ3n) is 4.75. The Labute approximate surface area is 163 Å². The van der Waals surface area contributed by atoms with Crippen LogP contribution >= 0.6 is 0 Å². The number of nitrogens with zero attached hydrogens (tertiary/aromatic N) is 1. The number of nitrogens with one attached hydrogen (secondary N) is 2. The summed E-state index contributed by atoms with van der Waals surface area (Å²) in [7, 11) is 0. The van der Waals surface area contributed by atoms with Gasteiger partial charge < -0.3 is 21.3 Å². The SMILES string of the molecule is NC(=O)c1ccc(CNC(=O)NCC2CC(=O)N(Cc3ccccc3)C2)cc1. The summed E-state index contributed by atoms with van der Waals surface area (Å²) in [5, 5.41) is 5.60. The number of likely N-dealkylation sites (tertiary alicyclic amines) is 1. The Morgan fingerprint density at radius 2 is 1.71 bits per heavy atom. The van der Waals surface area contributed by atoms with Crippen molar-refractivity contribution in [3.8, 4) is 0 Å². The molecule has 0 saturated carbocycles. The number of benzene rings is 2. The summed E-state index contributed by atoms with van der Waals surface area (Å²) >= 11 is 0. The molecule has 0 spiro atoms. The monoisotopic (exact) mass is 380 g/mol. The van der Waals surface area contributed by atoms with Crippen LogP contribution in [0.3, 0.4) is 0 Å². The van der Waals surface area contributed by atoms with Crippen molar-refractivity contribution < 1.29 is 14.4 Å². The Balaban J connectivity index is 1.40. The van der Waals surface area contributed by atoms with E-state index in [4.69, 9.17) is 5.73 Å². The Kier molecular flexibility index (Phi) is 6.26. The van der Waals surface area contributed by atoms with Crippen molar-refractivity contribution in [3.05, 3.63) is 71.3 Å². The first kappa shape index (κ1) is 19.4. The van der Waals surface area contributed by atoms with Gasteiger partial charge >= 0.3 is 6.03 Å². The summed E-state index contributed by atoms with van der Waals surface area (Å²) in [6.07, 6.45) is 0.446. The van der Waals surface area contributed by atoms with Crippen molar-refractivity contribution in [3.63, 3.8) is 0 Å². The quantitative estimate of drug-likeness (QED) is 0.680. The lowest BCUT2D eigenvalue weighted by atomic mass is 10.1. The molecule has 0 aliphatic carbocycles. The van der Waals surface area contributed by atoms with E-state index in [0.717, 1.165) is 11.1 Å². The van der Waals surface area contributed by atoms with Crippen molar-refractivity contribution in [2.45, 2.75) is 19.5 Å². The van der Waals surface area contributed by atoms with Crippen LogP contribution in [0, 0.1) is 5.92 Å². The highest BCUT2D eigenvalue weighted by molar-refractivity contribution is 5.92. The van der Waals surface area contributed by atoms with Gasteiger partial charge in [0.1, 0.15) is 0 Å². The van der Waals surface area contributed by atoms with Crippen LogP contribution in [0.5, 0.6) is 0 Å². The lowest BCUT2D eigenvalue weighted by molar-refractivity contribution is -0.128. The van der Waals surface area contributed by atoms with E-state index in [9.17, 15) is 14.4 Å². The summed E-state index contributed by atoms with van der Waals surface area (Å²) in [5.41, 5.74) is 7.60. The zero-order valence-corrected chi connectivity index (χ0v) is 15.6. The van der Waals surface area contributed by atoms with Gasteiger partial charge in [0.15, 0.2) is 0 Å². The minimum atomic E-state index is -0.482. The smallest absolute Gasteiger partial charge is 0.315 e. The largest absolute Gasteiger partial charge is 0.366 e. The summed E-state index contributed by atoms with van der Waals surface area (Å²) in [4.78, 5) is 37.1. The molecular weight excluding hydrogens is 356 g/mol. The van der Waals surface area contributed by atoms with E-state index in [-0.39, 0.29) is 17.9 Å². The molecule has 7 nitrogen and oxygen atoms in total. The maximum Gasteiger partial charge on any atom is 0.315 e. The molecule has 2 aromatic carbocycles. The fraction of sp³-hybridized carbons (Fsp3) is 0.286. The maximum absolute atomic E-state index is 12.2. The first-order chi connectivity index (χ1) is 13.5. The van der Waals surface area contributed by atoms with Crippen LogP contribution in [0.2, 0.25) is 0 Å². The fourth-order valence-corrected chi connectivity index (χ4v) is 3.22. The van der Waals surface area contributed by atoms with Crippen molar-refractivity contribution in [2.24, 2.45) is 11.7 Å². The number of rotatable bonds is 7. The Morgan fingerprint density at radius 3 is 2.39 bits per heavy atom. The average molecular weight is 380 g/mol. The molecule has 0 radical (unpaired) electrons. The van der Waals surface area contributed by atoms with E-state index in [1.165, 1.54) is 0 Å². The van der Waals surface area contributed by atoms with Gasteiger partial charge in [-0.1, -0.05) is 42.5 Å². The molecule has 1 aliphatic rings. The van der Waals surface area contributed by atoms with Crippen LogP contribution in [0.25, 0.3) is 0 Å². The average Bonchev–Trinajstić information content (AvgIpc) is 3.05. The Hall–Kier alpha value is -3.35. The minimum absolute atomic E-state index is 0.108. The molecule has 28 heavy (non-hydrogen) atoms. The van der Waals surface area contributed by atoms with E-state index in [2.05, 4.69) is 10.6 Å². The van der Waals surface area contributed by atoms with Crippen molar-refractivity contribution in [1.82, 2.24) is 15.5 Å². The van der Waals surface area contributed by atoms with Crippen molar-refractivity contribution >= 4 is 17.8 Å². The summed E-state index contributed by atoms with van der Waals surface area (Å²) in [6.45, 7) is 2.03. The number of hydrogen-bond donors (Lipinski definition) is 3. The molecule has 2 aromatic rings. The molecule has 1 fully saturated rings. The minimum Gasteiger partial charge on any atom is -0.366 e. The fourth-order valence-electron chi connectivity index (χ4n) is 3.22. The summed E-state index contributed by atoms with van der Waals surface area (Å²) in [6, 6.07) is 16.3. The highest BCUT2D eigenvalue weighted by Gasteiger charge is 2.29. The molecule has 4 N–H and O–H groups in total. The third kappa shape index (κ3) is 5.33. The molecule has 1 atom stereocenters. The van der Waals surface area contributed by atoms with Crippen LogP contribution < -0.4 is 16.4 Å². The van der Waals surface area contributed by atoms with Crippen LogP contribution in [0.1, 0.15) is 27.9 Å². The predicted molar refractivity (Wildman–Crippen MR) is 105 cm³/mol. The summed E-state index contributed by atoms with van der Waals surface area (Å²) in [5.74, 6) is -0.257. The highest BCUT2D eigenvalue weighted by Crippen LogP contribution is 2.19. The van der Waals surface area contributed by atoms with Crippen molar-refractivity contribution in [1.29, 1.82) is 0 Å². The molecule has 1 unspecified atom stereocenters. The number of nitrogens with two attached hydrogens (primary N) is 1. The molecule has 7 heteroatoms. The van der Waals surface area contributed by atoms with Gasteiger partial charge in [0.2, 0.25) is 11.8 Å². The lowest BCUT2D eigenvalue weighted by Crippen LogP contribution is -2.38. The zero-order chi connectivity index (χ0) is 19.9. The second-order valence-corrected chi connectivity index (χ2v) is 6.95. The summed E-state index contributed by atoms with van der Waals surface area (Å²) < 4.78 is 0. The van der Waals surface area contributed by atoms with Gasteiger partial charge in [0.05, 0.1) is 0 Å².